The van der Waals surface area contributed by atoms with Gasteiger partial charge in [0.15, 0.2) is 0 Å². The molecule has 0 aliphatic rings. The Balaban J connectivity index is 2.38. The molecular formula is C14H14N2OS. The van der Waals surface area contributed by atoms with Crippen molar-refractivity contribution in [2.24, 2.45) is 5.73 Å². The van der Waals surface area contributed by atoms with Crippen molar-refractivity contribution in [3.63, 3.8) is 0 Å². The highest BCUT2D eigenvalue weighted by molar-refractivity contribution is 7.80. The summed E-state index contributed by atoms with van der Waals surface area (Å²) < 4.78 is 1.61. The average Bonchev–Trinajstić information content (AvgIpc) is 2.31. The Labute approximate surface area is 111 Å². The first kappa shape index (κ1) is 12.5. The number of thiocarbonyl (C=S) groups is 1. The van der Waals surface area contributed by atoms with Gasteiger partial charge in [0, 0.05) is 6.20 Å². The summed E-state index contributed by atoms with van der Waals surface area (Å²) in [5, 5.41) is 0. The summed E-state index contributed by atoms with van der Waals surface area (Å²) in [5.74, 6) is 0. The molecule has 0 bridgehead atoms. The van der Waals surface area contributed by atoms with Crippen LogP contribution in [0.3, 0.4) is 0 Å². The van der Waals surface area contributed by atoms with Gasteiger partial charge in [-0.05, 0) is 24.6 Å². The quantitative estimate of drug-likeness (QED) is 0.855. The van der Waals surface area contributed by atoms with Crippen LogP contribution in [-0.2, 0) is 6.54 Å². The van der Waals surface area contributed by atoms with E-state index < -0.39 is 0 Å². The number of rotatable bonds is 3. The molecule has 0 aliphatic carbocycles. The third-order valence-corrected chi connectivity index (χ3v) is 2.94. The fourth-order valence-electron chi connectivity index (χ4n) is 1.86. The number of hydrogen-bond acceptors (Lipinski definition) is 2. The van der Waals surface area contributed by atoms with Gasteiger partial charge in [0.25, 0.3) is 5.56 Å². The van der Waals surface area contributed by atoms with Gasteiger partial charge in [-0.3, -0.25) is 4.79 Å². The fraction of sp³-hybridized carbons (Fsp3) is 0.143. The van der Waals surface area contributed by atoms with Gasteiger partial charge in [-0.2, -0.15) is 0 Å². The third-order valence-electron chi connectivity index (χ3n) is 2.72. The Kier molecular flexibility index (Phi) is 3.58. The molecule has 0 saturated heterocycles. The van der Waals surface area contributed by atoms with Crippen LogP contribution in [0.1, 0.15) is 16.7 Å². The van der Waals surface area contributed by atoms with Crippen molar-refractivity contribution < 1.29 is 0 Å². The van der Waals surface area contributed by atoms with Crippen LogP contribution in [0.2, 0.25) is 0 Å². The summed E-state index contributed by atoms with van der Waals surface area (Å²) in [6.07, 6.45) is 1.74. The maximum atomic E-state index is 12.1. The average molecular weight is 258 g/mol. The molecule has 2 aromatic rings. The first-order valence-electron chi connectivity index (χ1n) is 5.63. The molecule has 2 N–H and O–H groups in total. The van der Waals surface area contributed by atoms with Gasteiger partial charge in [0.05, 0.1) is 12.1 Å². The predicted molar refractivity (Wildman–Crippen MR) is 76.9 cm³/mol. The zero-order chi connectivity index (χ0) is 13.1. The summed E-state index contributed by atoms with van der Waals surface area (Å²) >= 11 is 4.86. The maximum absolute atomic E-state index is 12.1. The molecule has 0 radical (unpaired) electrons. The third kappa shape index (κ3) is 2.65. The lowest BCUT2D eigenvalue weighted by molar-refractivity contribution is 0.757. The molecule has 1 aromatic carbocycles. The Morgan fingerprint density at radius 2 is 2.11 bits per heavy atom. The second-order valence-electron chi connectivity index (χ2n) is 4.21. The molecule has 0 amide bonds. The molecule has 0 saturated carbocycles. The molecule has 18 heavy (non-hydrogen) atoms. The van der Waals surface area contributed by atoms with Crippen LogP contribution < -0.4 is 11.3 Å². The van der Waals surface area contributed by atoms with Crippen LogP contribution in [-0.4, -0.2) is 9.56 Å². The molecule has 92 valence electrons. The van der Waals surface area contributed by atoms with Crippen molar-refractivity contribution in [3.05, 3.63) is 69.6 Å². The molecular weight excluding hydrogens is 244 g/mol. The van der Waals surface area contributed by atoms with Gasteiger partial charge in [-0.15, -0.1) is 0 Å². The van der Waals surface area contributed by atoms with Crippen LogP contribution in [0, 0.1) is 6.92 Å². The lowest BCUT2D eigenvalue weighted by atomic mass is 10.1. The van der Waals surface area contributed by atoms with Crippen molar-refractivity contribution in [1.29, 1.82) is 0 Å². The van der Waals surface area contributed by atoms with Crippen LogP contribution in [0.4, 0.5) is 0 Å². The maximum Gasteiger partial charge on any atom is 0.261 e. The number of benzene rings is 1. The van der Waals surface area contributed by atoms with E-state index in [0.29, 0.717) is 12.1 Å². The predicted octanol–water partition coefficient (Wildman–Crippen LogP) is 1.84. The number of aryl methyl sites for hydroxylation is 1. The van der Waals surface area contributed by atoms with E-state index in [1.54, 1.807) is 22.9 Å². The Morgan fingerprint density at radius 1 is 1.33 bits per heavy atom. The Hall–Kier alpha value is -1.94. The minimum atomic E-state index is -0.147. The van der Waals surface area contributed by atoms with Crippen molar-refractivity contribution in [3.8, 4) is 0 Å². The van der Waals surface area contributed by atoms with E-state index >= 15 is 0 Å². The van der Waals surface area contributed by atoms with Crippen LogP contribution in [0.15, 0.2) is 47.4 Å². The van der Waals surface area contributed by atoms with E-state index in [1.807, 2.05) is 25.1 Å². The highest BCUT2D eigenvalue weighted by Gasteiger charge is 2.05. The van der Waals surface area contributed by atoms with Crippen LogP contribution in [0.5, 0.6) is 0 Å². The summed E-state index contributed by atoms with van der Waals surface area (Å²) in [5.41, 5.74) is 8.01. The lowest BCUT2D eigenvalue weighted by Gasteiger charge is -2.08. The van der Waals surface area contributed by atoms with Crippen LogP contribution >= 0.6 is 12.2 Å². The fourth-order valence-corrected chi connectivity index (χ4v) is 2.01. The van der Waals surface area contributed by atoms with Gasteiger partial charge >= 0.3 is 0 Å². The number of nitrogens with two attached hydrogens (primary N) is 1. The lowest BCUT2D eigenvalue weighted by Crippen LogP contribution is -2.28. The van der Waals surface area contributed by atoms with Gasteiger partial charge < -0.3 is 10.3 Å². The highest BCUT2D eigenvalue weighted by atomic mass is 32.1. The molecule has 0 atom stereocenters. The molecule has 1 aromatic heterocycles. The topological polar surface area (TPSA) is 48.0 Å². The highest BCUT2D eigenvalue weighted by Crippen LogP contribution is 2.05. The second kappa shape index (κ2) is 5.14. The summed E-state index contributed by atoms with van der Waals surface area (Å²) in [6.45, 7) is 2.55. The monoisotopic (exact) mass is 258 g/mol. The van der Waals surface area contributed by atoms with E-state index in [1.165, 1.54) is 5.56 Å². The molecule has 2 rings (SSSR count). The summed E-state index contributed by atoms with van der Waals surface area (Å²) in [7, 11) is 0. The van der Waals surface area contributed by atoms with Crippen molar-refractivity contribution in [2.45, 2.75) is 13.5 Å². The zero-order valence-electron chi connectivity index (χ0n) is 10.1. The Bertz CT molecular complexity index is 646. The van der Waals surface area contributed by atoms with Gasteiger partial charge in [0.1, 0.15) is 4.99 Å². The van der Waals surface area contributed by atoms with Gasteiger partial charge in [-0.1, -0.05) is 42.0 Å². The van der Waals surface area contributed by atoms with E-state index in [4.69, 9.17) is 18.0 Å². The normalized spacial score (nSPS) is 10.3. The summed E-state index contributed by atoms with van der Waals surface area (Å²) in [6, 6.07) is 11.5. The zero-order valence-corrected chi connectivity index (χ0v) is 10.9. The van der Waals surface area contributed by atoms with E-state index in [-0.39, 0.29) is 10.5 Å². The molecule has 0 aliphatic heterocycles. The first-order valence-corrected chi connectivity index (χ1v) is 6.03. The minimum absolute atomic E-state index is 0.138. The molecule has 1 heterocycles. The van der Waals surface area contributed by atoms with Gasteiger partial charge in [0.2, 0.25) is 0 Å². The van der Waals surface area contributed by atoms with Crippen molar-refractivity contribution in [1.82, 2.24) is 4.57 Å². The largest absolute Gasteiger partial charge is 0.389 e. The SMILES string of the molecule is Cc1cccc(Cn2cccc(C(N)=S)c2=O)c1. The molecule has 0 spiro atoms. The molecule has 3 nitrogen and oxygen atoms in total. The van der Waals surface area contributed by atoms with E-state index in [2.05, 4.69) is 6.07 Å². The number of aromatic nitrogens is 1. The van der Waals surface area contributed by atoms with Crippen LogP contribution in [0.25, 0.3) is 0 Å². The Morgan fingerprint density at radius 3 is 2.78 bits per heavy atom. The molecule has 4 heteroatoms. The minimum Gasteiger partial charge on any atom is -0.389 e. The number of pyridine rings is 1. The number of nitrogens with zero attached hydrogens (tertiary/aromatic N) is 1. The van der Waals surface area contributed by atoms with Crippen molar-refractivity contribution in [2.75, 3.05) is 0 Å². The first-order chi connectivity index (χ1) is 8.58. The second-order valence-corrected chi connectivity index (χ2v) is 4.65. The molecule has 0 unspecified atom stereocenters. The number of hydrogen-bond donors (Lipinski definition) is 1. The molecule has 0 fully saturated rings. The van der Waals surface area contributed by atoms with E-state index in [9.17, 15) is 4.79 Å². The smallest absolute Gasteiger partial charge is 0.261 e. The van der Waals surface area contributed by atoms with E-state index in [0.717, 1.165) is 5.56 Å². The van der Waals surface area contributed by atoms with Crippen molar-refractivity contribution >= 4 is 17.2 Å². The summed E-state index contributed by atoms with van der Waals surface area (Å²) in [4.78, 5) is 12.2. The van der Waals surface area contributed by atoms with Gasteiger partial charge in [-0.25, -0.2) is 0 Å². The standard InChI is InChI=1S/C14H14N2OS/c1-10-4-2-5-11(8-10)9-16-7-3-6-12(13(15)18)14(16)17/h2-8H,9H2,1H3,(H2,15,18).